The van der Waals surface area contributed by atoms with Gasteiger partial charge in [-0.1, -0.05) is 0 Å². The molecule has 0 saturated heterocycles. The maximum absolute atomic E-state index is 7.36. The minimum atomic E-state index is 0.0855. The highest BCUT2D eigenvalue weighted by Gasteiger charge is 2.44. The van der Waals surface area contributed by atoms with Gasteiger partial charge in [0.05, 0.1) is 12.4 Å². The molecule has 1 aromatic carbocycles. The van der Waals surface area contributed by atoms with Gasteiger partial charge in [0.25, 0.3) is 0 Å². The van der Waals surface area contributed by atoms with Crippen LogP contribution in [0.1, 0.15) is 19.3 Å². The van der Waals surface area contributed by atoms with Gasteiger partial charge in [-0.05, 0) is 25.0 Å². The Morgan fingerprint density at radius 3 is 2.83 bits per heavy atom. The van der Waals surface area contributed by atoms with Gasteiger partial charge in [-0.15, -0.1) is 0 Å². The second-order valence-corrected chi connectivity index (χ2v) is 5.01. The summed E-state index contributed by atoms with van der Waals surface area (Å²) in [6, 6.07) is 5.56. The van der Waals surface area contributed by atoms with E-state index in [9.17, 15) is 0 Å². The van der Waals surface area contributed by atoms with Crippen molar-refractivity contribution in [1.29, 1.82) is 5.41 Å². The van der Waals surface area contributed by atoms with Crippen LogP contribution in [0.3, 0.4) is 0 Å². The lowest BCUT2D eigenvalue weighted by atomic mass is 10.0. The van der Waals surface area contributed by atoms with E-state index in [-0.39, 0.29) is 18.0 Å². The summed E-state index contributed by atoms with van der Waals surface area (Å²) in [6.45, 7) is 0.874. The minimum absolute atomic E-state index is 0.0855. The number of hydrogen-bond donors (Lipinski definition) is 2. The van der Waals surface area contributed by atoms with Crippen LogP contribution in [-0.4, -0.2) is 19.2 Å². The summed E-state index contributed by atoms with van der Waals surface area (Å²) in [5.74, 6) is 2.49. The summed E-state index contributed by atoms with van der Waals surface area (Å²) >= 11 is 0. The third-order valence-corrected chi connectivity index (χ3v) is 3.41. The Morgan fingerprint density at radius 2 is 2.11 bits per heavy atom. The standard InChI is InChI=1S/C13H16N2O3/c14-12(15)6-13(3-4-13)7-16-9-1-2-10-11(5-9)18-8-17-10/h1-2,5H,3-4,6-8H2,(H3,14,15). The number of rotatable bonds is 5. The number of nitrogens with two attached hydrogens (primary N) is 1. The molecule has 0 amide bonds. The average molecular weight is 248 g/mol. The van der Waals surface area contributed by atoms with Crippen LogP contribution in [0.25, 0.3) is 0 Å². The topological polar surface area (TPSA) is 77.6 Å². The zero-order valence-corrected chi connectivity index (χ0v) is 10.1. The second kappa shape index (κ2) is 4.08. The van der Waals surface area contributed by atoms with Crippen molar-refractivity contribution in [3.05, 3.63) is 18.2 Å². The molecule has 1 fully saturated rings. The lowest BCUT2D eigenvalue weighted by Gasteiger charge is -2.15. The van der Waals surface area contributed by atoms with Crippen molar-refractivity contribution < 1.29 is 14.2 Å². The van der Waals surface area contributed by atoms with E-state index in [2.05, 4.69) is 0 Å². The van der Waals surface area contributed by atoms with E-state index in [0.717, 1.165) is 30.1 Å². The molecular weight excluding hydrogens is 232 g/mol. The summed E-state index contributed by atoms with van der Waals surface area (Å²) < 4.78 is 16.3. The summed E-state index contributed by atoms with van der Waals surface area (Å²) in [6.07, 6.45) is 2.78. The fourth-order valence-corrected chi connectivity index (χ4v) is 2.16. The van der Waals surface area contributed by atoms with Gasteiger partial charge in [0.15, 0.2) is 11.5 Å². The first-order valence-corrected chi connectivity index (χ1v) is 6.02. The van der Waals surface area contributed by atoms with E-state index >= 15 is 0 Å². The maximum Gasteiger partial charge on any atom is 0.231 e. The molecular formula is C13H16N2O3. The Hall–Kier alpha value is -1.91. The Kier molecular flexibility index (Phi) is 2.54. The SMILES string of the molecule is N=C(N)CC1(COc2ccc3c(c2)OCO3)CC1. The van der Waals surface area contributed by atoms with Crippen LogP contribution in [0.5, 0.6) is 17.2 Å². The first-order valence-electron chi connectivity index (χ1n) is 6.02. The van der Waals surface area contributed by atoms with Gasteiger partial charge in [0.1, 0.15) is 5.75 Å². The molecule has 0 aromatic heterocycles. The van der Waals surface area contributed by atoms with Gasteiger partial charge < -0.3 is 19.9 Å². The van der Waals surface area contributed by atoms with Gasteiger partial charge in [-0.2, -0.15) is 0 Å². The Balaban J connectivity index is 1.62. The highest BCUT2D eigenvalue weighted by atomic mass is 16.7. The van der Waals surface area contributed by atoms with E-state index in [4.69, 9.17) is 25.4 Å². The van der Waals surface area contributed by atoms with Crippen molar-refractivity contribution in [3.8, 4) is 17.2 Å². The zero-order chi connectivity index (χ0) is 12.6. The zero-order valence-electron chi connectivity index (χ0n) is 10.1. The maximum atomic E-state index is 7.36. The van der Waals surface area contributed by atoms with Crippen molar-refractivity contribution in [3.63, 3.8) is 0 Å². The molecule has 0 unspecified atom stereocenters. The molecule has 1 heterocycles. The average Bonchev–Trinajstić information content (AvgIpc) is 2.92. The lowest BCUT2D eigenvalue weighted by molar-refractivity contribution is 0.173. The van der Waals surface area contributed by atoms with Gasteiger partial charge in [-0.3, -0.25) is 5.41 Å². The number of hydrogen-bond acceptors (Lipinski definition) is 4. The lowest BCUT2D eigenvalue weighted by Crippen LogP contribution is -2.21. The fourth-order valence-electron chi connectivity index (χ4n) is 2.16. The van der Waals surface area contributed by atoms with E-state index in [1.165, 1.54) is 0 Å². The van der Waals surface area contributed by atoms with Gasteiger partial charge in [0, 0.05) is 17.9 Å². The van der Waals surface area contributed by atoms with E-state index < -0.39 is 0 Å². The Morgan fingerprint density at radius 1 is 1.33 bits per heavy atom. The number of fused-ring (bicyclic) bond motifs is 1. The predicted molar refractivity (Wildman–Crippen MR) is 66.3 cm³/mol. The molecule has 18 heavy (non-hydrogen) atoms. The largest absolute Gasteiger partial charge is 0.493 e. The fraction of sp³-hybridized carbons (Fsp3) is 0.462. The number of ether oxygens (including phenoxy) is 3. The summed E-state index contributed by atoms with van der Waals surface area (Å²) in [5, 5.41) is 7.36. The van der Waals surface area contributed by atoms with Crippen molar-refractivity contribution in [1.82, 2.24) is 0 Å². The molecule has 0 bridgehead atoms. The van der Waals surface area contributed by atoms with E-state index in [1.54, 1.807) is 0 Å². The normalized spacial score (nSPS) is 18.4. The minimum Gasteiger partial charge on any atom is -0.493 e. The molecule has 5 heteroatoms. The van der Waals surface area contributed by atoms with Gasteiger partial charge in [-0.25, -0.2) is 0 Å². The summed E-state index contributed by atoms with van der Waals surface area (Å²) in [4.78, 5) is 0. The first-order chi connectivity index (χ1) is 8.67. The molecule has 3 N–H and O–H groups in total. The quantitative estimate of drug-likeness (QED) is 0.616. The van der Waals surface area contributed by atoms with Crippen molar-refractivity contribution >= 4 is 5.84 Å². The van der Waals surface area contributed by atoms with Crippen LogP contribution in [0.15, 0.2) is 18.2 Å². The highest BCUT2D eigenvalue weighted by molar-refractivity contribution is 5.78. The Labute approximate surface area is 105 Å². The molecule has 0 spiro atoms. The molecule has 96 valence electrons. The van der Waals surface area contributed by atoms with Crippen LogP contribution in [0.2, 0.25) is 0 Å². The van der Waals surface area contributed by atoms with Crippen LogP contribution >= 0.6 is 0 Å². The summed E-state index contributed by atoms with van der Waals surface area (Å²) in [7, 11) is 0. The van der Waals surface area contributed by atoms with Crippen LogP contribution < -0.4 is 19.9 Å². The monoisotopic (exact) mass is 248 g/mol. The molecule has 3 rings (SSSR count). The number of benzene rings is 1. The molecule has 0 radical (unpaired) electrons. The van der Waals surface area contributed by atoms with Crippen molar-refractivity contribution in [2.75, 3.05) is 13.4 Å². The first kappa shape index (κ1) is 11.2. The van der Waals surface area contributed by atoms with Crippen LogP contribution in [0.4, 0.5) is 0 Å². The van der Waals surface area contributed by atoms with Crippen LogP contribution in [0, 0.1) is 10.8 Å². The highest BCUT2D eigenvalue weighted by Crippen LogP contribution is 2.49. The van der Waals surface area contributed by atoms with Crippen molar-refractivity contribution in [2.24, 2.45) is 11.1 Å². The van der Waals surface area contributed by atoms with Gasteiger partial charge >= 0.3 is 0 Å². The van der Waals surface area contributed by atoms with E-state index in [0.29, 0.717) is 13.0 Å². The molecule has 2 aliphatic rings. The van der Waals surface area contributed by atoms with Crippen molar-refractivity contribution in [2.45, 2.75) is 19.3 Å². The smallest absolute Gasteiger partial charge is 0.231 e. The van der Waals surface area contributed by atoms with E-state index in [1.807, 2.05) is 18.2 Å². The Bertz CT molecular complexity index is 483. The molecule has 1 saturated carbocycles. The third-order valence-electron chi connectivity index (χ3n) is 3.41. The molecule has 1 aliphatic carbocycles. The molecule has 5 nitrogen and oxygen atoms in total. The number of amidine groups is 1. The number of nitrogens with one attached hydrogen (secondary N) is 1. The molecule has 1 aromatic rings. The molecule has 0 atom stereocenters. The predicted octanol–water partition coefficient (Wildman–Crippen LogP) is 1.90. The molecule has 1 aliphatic heterocycles. The summed E-state index contributed by atoms with van der Waals surface area (Å²) in [5.41, 5.74) is 5.54. The van der Waals surface area contributed by atoms with Crippen LogP contribution in [-0.2, 0) is 0 Å². The third kappa shape index (κ3) is 2.20. The second-order valence-electron chi connectivity index (χ2n) is 5.01. The van der Waals surface area contributed by atoms with Gasteiger partial charge in [0.2, 0.25) is 6.79 Å².